The lowest BCUT2D eigenvalue weighted by molar-refractivity contribution is 1.08. The molecule has 7 rings (SSSR count). The molecule has 0 saturated heterocycles. The fourth-order valence-electron chi connectivity index (χ4n) is 5.36. The van der Waals surface area contributed by atoms with Crippen LogP contribution in [0.3, 0.4) is 0 Å². The average molecular weight is 537 g/mol. The van der Waals surface area contributed by atoms with Crippen LogP contribution in [0.4, 0.5) is 0 Å². The van der Waals surface area contributed by atoms with E-state index in [4.69, 9.17) is 15.0 Å². The number of nitriles is 1. The number of hydrogen-bond donors (Lipinski definition) is 0. The van der Waals surface area contributed by atoms with Gasteiger partial charge in [-0.2, -0.15) is 5.26 Å². The number of aromatic nitrogens is 3. The summed E-state index contributed by atoms with van der Waals surface area (Å²) in [4.78, 5) is 14.8. The number of rotatable bonds is 5. The Bertz CT molecular complexity index is 2020. The summed E-state index contributed by atoms with van der Waals surface area (Å²) in [6.45, 7) is 0. The second-order valence-electron chi connectivity index (χ2n) is 9.98. The summed E-state index contributed by atoms with van der Waals surface area (Å²) in [6.07, 6.45) is 0. The molecule has 196 valence electrons. The van der Waals surface area contributed by atoms with Gasteiger partial charge in [0.25, 0.3) is 0 Å². The van der Waals surface area contributed by atoms with Crippen LogP contribution in [0.15, 0.2) is 146 Å². The van der Waals surface area contributed by atoms with E-state index in [9.17, 15) is 5.26 Å². The van der Waals surface area contributed by atoms with Crippen molar-refractivity contribution in [1.82, 2.24) is 15.0 Å². The van der Waals surface area contributed by atoms with Crippen molar-refractivity contribution in [2.24, 2.45) is 0 Å². The van der Waals surface area contributed by atoms with Crippen LogP contribution in [0.5, 0.6) is 0 Å². The van der Waals surface area contributed by atoms with Gasteiger partial charge in [-0.15, -0.1) is 0 Å². The van der Waals surface area contributed by atoms with Gasteiger partial charge in [-0.25, -0.2) is 15.0 Å². The van der Waals surface area contributed by atoms with Crippen LogP contribution in [0.2, 0.25) is 0 Å². The van der Waals surface area contributed by atoms with Gasteiger partial charge in [-0.1, -0.05) is 133 Å². The van der Waals surface area contributed by atoms with Gasteiger partial charge < -0.3 is 0 Å². The van der Waals surface area contributed by atoms with E-state index >= 15 is 0 Å². The maximum absolute atomic E-state index is 9.27. The molecule has 0 fully saturated rings. The van der Waals surface area contributed by atoms with Gasteiger partial charge >= 0.3 is 0 Å². The molecule has 4 heteroatoms. The lowest BCUT2D eigenvalue weighted by atomic mass is 9.90. The molecule has 6 aromatic carbocycles. The minimum Gasteiger partial charge on any atom is -0.208 e. The average Bonchev–Trinajstić information content (AvgIpc) is 3.08. The van der Waals surface area contributed by atoms with E-state index in [1.165, 1.54) is 0 Å². The summed E-state index contributed by atoms with van der Waals surface area (Å²) in [5.41, 5.74) is 7.89. The maximum Gasteiger partial charge on any atom is 0.164 e. The van der Waals surface area contributed by atoms with E-state index < -0.39 is 0 Å². The van der Waals surface area contributed by atoms with Gasteiger partial charge in [0.15, 0.2) is 17.5 Å². The van der Waals surface area contributed by atoms with Gasteiger partial charge in [0, 0.05) is 16.7 Å². The van der Waals surface area contributed by atoms with E-state index in [1.54, 1.807) is 0 Å². The number of nitrogens with zero attached hydrogens (tertiary/aromatic N) is 4. The second-order valence-corrected chi connectivity index (χ2v) is 9.98. The van der Waals surface area contributed by atoms with Crippen molar-refractivity contribution in [2.75, 3.05) is 0 Å². The molecule has 0 aliphatic heterocycles. The molecule has 0 aliphatic rings. The van der Waals surface area contributed by atoms with Crippen molar-refractivity contribution in [3.05, 3.63) is 151 Å². The van der Waals surface area contributed by atoms with E-state index in [2.05, 4.69) is 66.7 Å². The van der Waals surface area contributed by atoms with Gasteiger partial charge in [-0.3, -0.25) is 0 Å². The third-order valence-corrected chi connectivity index (χ3v) is 7.40. The topological polar surface area (TPSA) is 62.5 Å². The van der Waals surface area contributed by atoms with Crippen LogP contribution < -0.4 is 0 Å². The molecule has 4 nitrogen and oxygen atoms in total. The first-order chi connectivity index (χ1) is 20.8. The third-order valence-electron chi connectivity index (χ3n) is 7.40. The molecule has 0 aliphatic carbocycles. The highest BCUT2D eigenvalue weighted by Crippen LogP contribution is 2.39. The maximum atomic E-state index is 9.27. The van der Waals surface area contributed by atoms with Crippen molar-refractivity contribution in [2.45, 2.75) is 0 Å². The Kier molecular flexibility index (Phi) is 6.52. The van der Waals surface area contributed by atoms with Crippen LogP contribution in [-0.2, 0) is 0 Å². The first kappa shape index (κ1) is 25.1. The Balaban J connectivity index is 1.42. The fraction of sp³-hybridized carbons (Fsp3) is 0. The van der Waals surface area contributed by atoms with Crippen LogP contribution in [-0.4, -0.2) is 15.0 Å². The largest absolute Gasteiger partial charge is 0.208 e. The standard InChI is InChI=1S/C38H24N4/c39-25-26-21-23-27(24-22-26)30-15-7-8-16-31(30)32-17-9-19-34-33(32)18-10-20-35(34)38-41-36(28-11-3-1-4-12-28)40-37(42-38)29-13-5-2-6-14-29/h1-24H. The SMILES string of the molecule is N#Cc1ccc(-c2ccccc2-c2cccc3c(-c4nc(-c5ccccc5)nc(-c5ccccc5)n4)cccc23)cc1. The zero-order valence-electron chi connectivity index (χ0n) is 22.6. The van der Waals surface area contributed by atoms with Crippen LogP contribution in [0, 0.1) is 11.3 Å². The van der Waals surface area contributed by atoms with Crippen LogP contribution >= 0.6 is 0 Å². The normalized spacial score (nSPS) is 10.8. The molecule has 0 radical (unpaired) electrons. The Hall–Kier alpha value is -5.92. The van der Waals surface area contributed by atoms with Gasteiger partial charge in [0.05, 0.1) is 11.6 Å². The number of fused-ring (bicyclic) bond motifs is 1. The molecule has 0 amide bonds. The van der Waals surface area contributed by atoms with Gasteiger partial charge in [-0.05, 0) is 45.2 Å². The molecular formula is C38H24N4. The number of hydrogen-bond acceptors (Lipinski definition) is 4. The molecule has 1 heterocycles. The molecule has 0 atom stereocenters. The lowest BCUT2D eigenvalue weighted by Gasteiger charge is -2.15. The molecule has 0 bridgehead atoms. The van der Waals surface area contributed by atoms with Crippen molar-refractivity contribution < 1.29 is 0 Å². The molecule has 0 unspecified atom stereocenters. The molecular weight excluding hydrogens is 512 g/mol. The highest BCUT2D eigenvalue weighted by atomic mass is 15.0. The number of benzene rings is 6. The van der Waals surface area contributed by atoms with E-state index in [-0.39, 0.29) is 0 Å². The minimum atomic E-state index is 0.630. The Morgan fingerprint density at radius 3 is 1.43 bits per heavy atom. The smallest absolute Gasteiger partial charge is 0.164 e. The first-order valence-electron chi connectivity index (χ1n) is 13.8. The summed E-state index contributed by atoms with van der Waals surface area (Å²) in [5.74, 6) is 1.91. The minimum absolute atomic E-state index is 0.630. The fourth-order valence-corrected chi connectivity index (χ4v) is 5.36. The van der Waals surface area contributed by atoms with E-state index in [0.29, 0.717) is 23.0 Å². The van der Waals surface area contributed by atoms with Crippen molar-refractivity contribution in [3.8, 4) is 62.5 Å². The Morgan fingerprint density at radius 2 is 0.833 bits per heavy atom. The Labute approximate surface area is 244 Å². The Morgan fingerprint density at radius 1 is 0.357 bits per heavy atom. The molecule has 1 aromatic heterocycles. The second kappa shape index (κ2) is 10.9. The first-order valence-corrected chi connectivity index (χ1v) is 13.8. The molecule has 7 aromatic rings. The van der Waals surface area contributed by atoms with E-state index in [1.807, 2.05) is 84.9 Å². The predicted molar refractivity (Wildman–Crippen MR) is 169 cm³/mol. The molecule has 0 N–H and O–H groups in total. The monoisotopic (exact) mass is 536 g/mol. The summed E-state index contributed by atoms with van der Waals surface area (Å²) in [5, 5.41) is 11.4. The van der Waals surface area contributed by atoms with Gasteiger partial charge in [0.2, 0.25) is 0 Å². The van der Waals surface area contributed by atoms with Crippen molar-refractivity contribution in [1.29, 1.82) is 5.26 Å². The summed E-state index contributed by atoms with van der Waals surface area (Å²) in [6, 6.07) is 51.1. The summed E-state index contributed by atoms with van der Waals surface area (Å²) in [7, 11) is 0. The summed E-state index contributed by atoms with van der Waals surface area (Å²) >= 11 is 0. The summed E-state index contributed by atoms with van der Waals surface area (Å²) < 4.78 is 0. The third kappa shape index (κ3) is 4.70. The van der Waals surface area contributed by atoms with Crippen LogP contribution in [0.1, 0.15) is 5.56 Å². The predicted octanol–water partition coefficient (Wildman–Crippen LogP) is 9.23. The molecule has 0 spiro atoms. The zero-order chi connectivity index (χ0) is 28.3. The highest BCUT2D eigenvalue weighted by molar-refractivity contribution is 6.05. The van der Waals surface area contributed by atoms with Crippen LogP contribution in [0.25, 0.3) is 67.2 Å². The van der Waals surface area contributed by atoms with Crippen molar-refractivity contribution in [3.63, 3.8) is 0 Å². The lowest BCUT2D eigenvalue weighted by Crippen LogP contribution is -2.00. The highest BCUT2D eigenvalue weighted by Gasteiger charge is 2.16. The van der Waals surface area contributed by atoms with E-state index in [0.717, 1.165) is 49.7 Å². The molecule has 0 saturated carbocycles. The molecule has 42 heavy (non-hydrogen) atoms. The van der Waals surface area contributed by atoms with Gasteiger partial charge in [0.1, 0.15) is 0 Å². The quantitative estimate of drug-likeness (QED) is 0.220. The van der Waals surface area contributed by atoms with Crippen molar-refractivity contribution >= 4 is 10.8 Å². The zero-order valence-corrected chi connectivity index (χ0v) is 22.6.